The zero-order chi connectivity index (χ0) is 14.9. The highest BCUT2D eigenvalue weighted by molar-refractivity contribution is 5.21. The molecule has 2 saturated carbocycles. The molecule has 2 saturated heterocycles. The summed E-state index contributed by atoms with van der Waals surface area (Å²) in [5.74, 6) is 0.829. The largest absolute Gasteiger partial charge is 0.310 e. The lowest BCUT2D eigenvalue weighted by Crippen LogP contribution is -2.88. The van der Waals surface area contributed by atoms with Crippen LogP contribution in [0.15, 0.2) is 0 Å². The quantitative estimate of drug-likeness (QED) is 0.557. The molecule has 4 N–H and O–H groups in total. The molecule has 0 aromatic rings. The third-order valence-corrected chi connectivity index (χ3v) is 6.98. The van der Waals surface area contributed by atoms with Crippen LogP contribution < -0.4 is 21.3 Å². The lowest BCUT2D eigenvalue weighted by atomic mass is 9.64. The molecule has 2 aliphatic heterocycles. The van der Waals surface area contributed by atoms with E-state index in [1.54, 1.807) is 0 Å². The van der Waals surface area contributed by atoms with Crippen LogP contribution in [-0.2, 0) is 0 Å². The van der Waals surface area contributed by atoms with E-state index in [0.29, 0.717) is 6.04 Å². The van der Waals surface area contributed by atoms with Crippen molar-refractivity contribution in [1.82, 2.24) is 21.3 Å². The summed E-state index contributed by atoms with van der Waals surface area (Å²) >= 11 is 0. The summed E-state index contributed by atoms with van der Waals surface area (Å²) in [6, 6.07) is 0.583. The molecule has 0 amide bonds. The second kappa shape index (κ2) is 6.39. The highest BCUT2D eigenvalue weighted by Gasteiger charge is 2.60. The van der Waals surface area contributed by atoms with E-state index in [0.717, 1.165) is 32.1 Å². The van der Waals surface area contributed by atoms with Gasteiger partial charge in [0.1, 0.15) is 5.66 Å². The highest BCUT2D eigenvalue weighted by atomic mass is 15.4. The van der Waals surface area contributed by atoms with Crippen molar-refractivity contribution in [3.8, 4) is 0 Å². The Morgan fingerprint density at radius 1 is 0.636 bits per heavy atom. The maximum Gasteiger partial charge on any atom is 0.103 e. The molecule has 4 aliphatic rings. The Kier molecular flexibility index (Phi) is 4.46. The van der Waals surface area contributed by atoms with Gasteiger partial charge in [-0.15, -0.1) is 0 Å². The molecule has 0 aromatic carbocycles. The number of hydrogen-bond donors (Lipinski definition) is 4. The molecule has 4 nitrogen and oxygen atoms in total. The summed E-state index contributed by atoms with van der Waals surface area (Å²) in [5.41, 5.74) is 0.333. The van der Waals surface area contributed by atoms with Gasteiger partial charge in [0.15, 0.2) is 0 Å². The van der Waals surface area contributed by atoms with Crippen molar-refractivity contribution in [1.29, 1.82) is 0 Å². The van der Waals surface area contributed by atoms with Crippen molar-refractivity contribution in [3.63, 3.8) is 0 Å². The Morgan fingerprint density at radius 2 is 1.32 bits per heavy atom. The Balaban J connectivity index is 1.73. The van der Waals surface area contributed by atoms with Crippen LogP contribution in [0.1, 0.15) is 64.2 Å². The Morgan fingerprint density at radius 3 is 2.14 bits per heavy atom. The van der Waals surface area contributed by atoms with Crippen LogP contribution in [0.25, 0.3) is 0 Å². The highest BCUT2D eigenvalue weighted by Crippen LogP contribution is 2.46. The molecule has 126 valence electrons. The van der Waals surface area contributed by atoms with Crippen LogP contribution in [0.3, 0.4) is 0 Å². The van der Waals surface area contributed by atoms with E-state index in [-0.39, 0.29) is 11.2 Å². The summed E-state index contributed by atoms with van der Waals surface area (Å²) in [4.78, 5) is 0. The van der Waals surface area contributed by atoms with Gasteiger partial charge in [-0.3, -0.25) is 10.6 Å². The molecule has 2 heterocycles. The predicted molar refractivity (Wildman–Crippen MR) is 90.9 cm³/mol. The van der Waals surface area contributed by atoms with Crippen LogP contribution in [-0.4, -0.2) is 43.4 Å². The van der Waals surface area contributed by atoms with E-state index in [9.17, 15) is 0 Å². The first-order valence-electron chi connectivity index (χ1n) is 9.86. The lowest BCUT2D eigenvalue weighted by Gasteiger charge is -2.62. The molecule has 1 spiro atoms. The Bertz CT molecular complexity index is 373. The van der Waals surface area contributed by atoms with Gasteiger partial charge < -0.3 is 10.6 Å². The van der Waals surface area contributed by atoms with E-state index >= 15 is 0 Å². The maximum absolute atomic E-state index is 4.10. The zero-order valence-electron chi connectivity index (χ0n) is 14.1. The van der Waals surface area contributed by atoms with E-state index in [4.69, 9.17) is 0 Å². The Labute approximate surface area is 135 Å². The molecular formula is C18H34N4. The van der Waals surface area contributed by atoms with Crippen molar-refractivity contribution in [3.05, 3.63) is 0 Å². The molecular weight excluding hydrogens is 272 g/mol. The summed E-state index contributed by atoms with van der Waals surface area (Å²) in [7, 11) is 0. The molecule has 4 heteroatoms. The van der Waals surface area contributed by atoms with Crippen molar-refractivity contribution in [2.75, 3.05) is 26.2 Å². The van der Waals surface area contributed by atoms with Crippen molar-refractivity contribution in [2.24, 2.45) is 5.92 Å². The molecule has 2 aliphatic carbocycles. The second-order valence-corrected chi connectivity index (χ2v) is 8.00. The van der Waals surface area contributed by atoms with Gasteiger partial charge in [-0.25, -0.2) is 0 Å². The van der Waals surface area contributed by atoms with Gasteiger partial charge in [0.05, 0.1) is 5.54 Å². The predicted octanol–water partition coefficient (Wildman–Crippen LogP) is 1.72. The fraction of sp³-hybridized carbons (Fsp3) is 1.00. The number of rotatable bonds is 1. The van der Waals surface area contributed by atoms with E-state index < -0.39 is 0 Å². The minimum Gasteiger partial charge on any atom is -0.310 e. The number of nitrogens with one attached hydrogen (secondary N) is 4. The minimum atomic E-state index is 0.0784. The van der Waals surface area contributed by atoms with Crippen molar-refractivity contribution >= 4 is 0 Å². The summed E-state index contributed by atoms with van der Waals surface area (Å²) in [6.45, 7) is 4.45. The summed E-state index contributed by atoms with van der Waals surface area (Å²) in [5, 5.41) is 16.0. The SMILES string of the molecule is C1CCCC(C23CCCCC4NCCNC42NCCN3)CC1. The smallest absolute Gasteiger partial charge is 0.103 e. The van der Waals surface area contributed by atoms with Crippen LogP contribution in [0, 0.1) is 5.92 Å². The topological polar surface area (TPSA) is 48.1 Å². The molecule has 3 unspecified atom stereocenters. The van der Waals surface area contributed by atoms with Crippen LogP contribution in [0.5, 0.6) is 0 Å². The first-order valence-corrected chi connectivity index (χ1v) is 9.86. The van der Waals surface area contributed by atoms with Gasteiger partial charge in [0, 0.05) is 32.2 Å². The summed E-state index contributed by atoms with van der Waals surface area (Å²) < 4.78 is 0. The third kappa shape index (κ3) is 2.34. The van der Waals surface area contributed by atoms with E-state index in [1.165, 1.54) is 64.2 Å². The first-order chi connectivity index (χ1) is 10.9. The maximum atomic E-state index is 4.10. The fourth-order valence-corrected chi connectivity index (χ4v) is 6.08. The first kappa shape index (κ1) is 15.4. The fourth-order valence-electron chi connectivity index (χ4n) is 6.08. The van der Waals surface area contributed by atoms with Gasteiger partial charge in [-0.1, -0.05) is 38.5 Å². The molecule has 3 atom stereocenters. The number of piperazine rings is 2. The second-order valence-electron chi connectivity index (χ2n) is 8.00. The number of hydrogen-bond acceptors (Lipinski definition) is 4. The molecule has 22 heavy (non-hydrogen) atoms. The lowest BCUT2D eigenvalue weighted by molar-refractivity contribution is -0.0283. The third-order valence-electron chi connectivity index (χ3n) is 6.98. The van der Waals surface area contributed by atoms with E-state index in [2.05, 4.69) is 21.3 Å². The molecule has 4 fully saturated rings. The molecule has 0 radical (unpaired) electrons. The Hall–Kier alpha value is -0.160. The monoisotopic (exact) mass is 306 g/mol. The zero-order valence-corrected chi connectivity index (χ0v) is 14.1. The van der Waals surface area contributed by atoms with Gasteiger partial charge in [0.25, 0.3) is 0 Å². The van der Waals surface area contributed by atoms with Crippen molar-refractivity contribution < 1.29 is 0 Å². The van der Waals surface area contributed by atoms with Gasteiger partial charge in [0.2, 0.25) is 0 Å². The minimum absolute atomic E-state index is 0.0784. The molecule has 4 rings (SSSR count). The van der Waals surface area contributed by atoms with Crippen molar-refractivity contribution in [2.45, 2.75) is 81.5 Å². The van der Waals surface area contributed by atoms with Crippen LogP contribution in [0.4, 0.5) is 0 Å². The van der Waals surface area contributed by atoms with Gasteiger partial charge in [-0.05, 0) is 31.6 Å². The van der Waals surface area contributed by atoms with Crippen LogP contribution >= 0.6 is 0 Å². The van der Waals surface area contributed by atoms with Gasteiger partial charge in [-0.2, -0.15) is 0 Å². The average Bonchev–Trinajstić information content (AvgIpc) is 2.92. The molecule has 0 bridgehead atoms. The van der Waals surface area contributed by atoms with E-state index in [1.807, 2.05) is 0 Å². The summed E-state index contributed by atoms with van der Waals surface area (Å²) in [6.07, 6.45) is 14.0. The van der Waals surface area contributed by atoms with Gasteiger partial charge >= 0.3 is 0 Å². The molecule has 0 aromatic heterocycles. The standard InChI is InChI=1S/C18H34N4/c1-2-4-8-15(7-3-1)17-10-6-5-9-16-18(17,21-12-11-19-16)22-14-13-20-17/h15-16,19-22H,1-14H2. The average molecular weight is 306 g/mol. The normalized spacial score (nSPS) is 44.5. The van der Waals surface area contributed by atoms with Crippen LogP contribution in [0.2, 0.25) is 0 Å².